The standard InChI is InChI=1S/C13H21ClN2/c1-9(2)16(4)13-11(8-10(3)15)6-5-7-12(13)14/h5-7,9-10H,8,15H2,1-4H3. The van der Waals surface area contributed by atoms with E-state index in [9.17, 15) is 0 Å². The molecular weight excluding hydrogens is 220 g/mol. The molecule has 0 aromatic heterocycles. The Labute approximate surface area is 103 Å². The molecule has 1 rings (SSSR count). The van der Waals surface area contributed by atoms with Gasteiger partial charge >= 0.3 is 0 Å². The first kappa shape index (κ1) is 13.3. The molecule has 1 aromatic rings. The number of anilines is 1. The average Bonchev–Trinajstić information content (AvgIpc) is 2.16. The Morgan fingerprint density at radius 2 is 1.94 bits per heavy atom. The molecule has 0 spiro atoms. The van der Waals surface area contributed by atoms with Crippen molar-refractivity contribution < 1.29 is 0 Å². The number of para-hydroxylation sites is 1. The van der Waals surface area contributed by atoms with Crippen LogP contribution in [-0.2, 0) is 6.42 Å². The highest BCUT2D eigenvalue weighted by atomic mass is 35.5. The van der Waals surface area contributed by atoms with Crippen LogP contribution in [0.4, 0.5) is 5.69 Å². The monoisotopic (exact) mass is 240 g/mol. The van der Waals surface area contributed by atoms with Crippen molar-refractivity contribution in [2.45, 2.75) is 39.3 Å². The second-order valence-electron chi connectivity index (χ2n) is 4.63. The quantitative estimate of drug-likeness (QED) is 0.877. The molecule has 0 radical (unpaired) electrons. The number of benzene rings is 1. The van der Waals surface area contributed by atoms with Gasteiger partial charge in [-0.15, -0.1) is 0 Å². The smallest absolute Gasteiger partial charge is 0.0642 e. The Balaban J connectivity index is 3.12. The van der Waals surface area contributed by atoms with E-state index in [1.807, 2.05) is 19.1 Å². The molecular formula is C13H21ClN2. The third kappa shape index (κ3) is 3.13. The number of rotatable bonds is 4. The van der Waals surface area contributed by atoms with Gasteiger partial charge in [-0.2, -0.15) is 0 Å². The predicted octanol–water partition coefficient (Wildman–Crippen LogP) is 3.07. The molecule has 0 heterocycles. The topological polar surface area (TPSA) is 29.3 Å². The minimum Gasteiger partial charge on any atom is -0.371 e. The van der Waals surface area contributed by atoms with Gasteiger partial charge in [-0.1, -0.05) is 23.7 Å². The van der Waals surface area contributed by atoms with E-state index >= 15 is 0 Å². The summed E-state index contributed by atoms with van der Waals surface area (Å²) in [5, 5.41) is 0.800. The van der Waals surface area contributed by atoms with E-state index in [1.54, 1.807) is 0 Å². The fourth-order valence-electron chi connectivity index (χ4n) is 1.72. The summed E-state index contributed by atoms with van der Waals surface area (Å²) in [5.74, 6) is 0. The molecule has 0 aliphatic heterocycles. The van der Waals surface area contributed by atoms with Gasteiger partial charge in [-0.25, -0.2) is 0 Å². The van der Waals surface area contributed by atoms with Crippen molar-refractivity contribution in [3.8, 4) is 0 Å². The zero-order valence-electron chi connectivity index (χ0n) is 10.5. The summed E-state index contributed by atoms with van der Waals surface area (Å²) in [6, 6.07) is 6.59. The largest absolute Gasteiger partial charge is 0.371 e. The third-order valence-corrected chi connectivity index (χ3v) is 3.04. The normalized spacial score (nSPS) is 12.9. The van der Waals surface area contributed by atoms with Crippen LogP contribution >= 0.6 is 11.6 Å². The van der Waals surface area contributed by atoms with E-state index in [0.717, 1.165) is 17.1 Å². The van der Waals surface area contributed by atoms with Crippen LogP contribution in [-0.4, -0.2) is 19.1 Å². The molecule has 90 valence electrons. The summed E-state index contributed by atoms with van der Waals surface area (Å²) in [6.07, 6.45) is 0.854. The van der Waals surface area contributed by atoms with Crippen molar-refractivity contribution in [1.29, 1.82) is 0 Å². The Bertz CT molecular complexity index is 348. The van der Waals surface area contributed by atoms with Crippen LogP contribution in [0.1, 0.15) is 26.3 Å². The number of nitrogens with two attached hydrogens (primary N) is 1. The lowest BCUT2D eigenvalue weighted by molar-refractivity contribution is 0.717. The van der Waals surface area contributed by atoms with Crippen LogP contribution in [0.2, 0.25) is 5.02 Å². The van der Waals surface area contributed by atoms with Crippen LogP contribution in [0.5, 0.6) is 0 Å². The van der Waals surface area contributed by atoms with Crippen molar-refractivity contribution in [2.24, 2.45) is 5.73 Å². The van der Waals surface area contributed by atoms with E-state index < -0.39 is 0 Å². The molecule has 0 bridgehead atoms. The van der Waals surface area contributed by atoms with Gasteiger partial charge in [0, 0.05) is 19.1 Å². The summed E-state index contributed by atoms with van der Waals surface area (Å²) in [6.45, 7) is 6.32. The van der Waals surface area contributed by atoms with Crippen LogP contribution in [0.25, 0.3) is 0 Å². The Morgan fingerprint density at radius 3 is 2.44 bits per heavy atom. The summed E-state index contributed by atoms with van der Waals surface area (Å²) in [7, 11) is 2.07. The van der Waals surface area contributed by atoms with Crippen molar-refractivity contribution in [3.63, 3.8) is 0 Å². The van der Waals surface area contributed by atoms with Crippen molar-refractivity contribution >= 4 is 17.3 Å². The lowest BCUT2D eigenvalue weighted by Crippen LogP contribution is -2.28. The van der Waals surface area contributed by atoms with E-state index in [1.165, 1.54) is 5.56 Å². The Morgan fingerprint density at radius 1 is 1.31 bits per heavy atom. The lowest BCUT2D eigenvalue weighted by Gasteiger charge is -2.28. The first-order valence-corrected chi connectivity index (χ1v) is 6.07. The fourth-order valence-corrected chi connectivity index (χ4v) is 2.05. The summed E-state index contributed by atoms with van der Waals surface area (Å²) in [5.41, 5.74) is 8.19. The summed E-state index contributed by atoms with van der Waals surface area (Å²) in [4.78, 5) is 2.19. The molecule has 1 unspecified atom stereocenters. The minimum atomic E-state index is 0.151. The highest BCUT2D eigenvalue weighted by molar-refractivity contribution is 6.33. The van der Waals surface area contributed by atoms with Gasteiger partial charge in [0.15, 0.2) is 0 Å². The van der Waals surface area contributed by atoms with Crippen LogP contribution in [0.3, 0.4) is 0 Å². The zero-order chi connectivity index (χ0) is 12.3. The molecule has 1 aromatic carbocycles. The van der Waals surface area contributed by atoms with Crippen molar-refractivity contribution in [2.75, 3.05) is 11.9 Å². The third-order valence-electron chi connectivity index (χ3n) is 2.74. The zero-order valence-corrected chi connectivity index (χ0v) is 11.3. The molecule has 0 fully saturated rings. The van der Waals surface area contributed by atoms with Gasteiger partial charge in [-0.3, -0.25) is 0 Å². The van der Waals surface area contributed by atoms with E-state index in [0.29, 0.717) is 6.04 Å². The molecule has 1 atom stereocenters. The number of nitrogens with zero attached hydrogens (tertiary/aromatic N) is 1. The maximum Gasteiger partial charge on any atom is 0.0642 e. The van der Waals surface area contributed by atoms with E-state index in [2.05, 4.69) is 31.9 Å². The molecule has 0 aliphatic carbocycles. The SMILES string of the molecule is CC(N)Cc1cccc(Cl)c1N(C)C(C)C. The molecule has 0 amide bonds. The average molecular weight is 241 g/mol. The molecule has 16 heavy (non-hydrogen) atoms. The van der Waals surface area contributed by atoms with Crippen LogP contribution < -0.4 is 10.6 Å². The molecule has 3 heteroatoms. The molecule has 0 saturated carbocycles. The van der Waals surface area contributed by atoms with Crippen molar-refractivity contribution in [1.82, 2.24) is 0 Å². The van der Waals surface area contributed by atoms with Gasteiger partial charge in [0.2, 0.25) is 0 Å². The minimum absolute atomic E-state index is 0.151. The second kappa shape index (κ2) is 5.55. The van der Waals surface area contributed by atoms with Gasteiger partial charge < -0.3 is 10.6 Å². The van der Waals surface area contributed by atoms with Gasteiger partial charge in [0.25, 0.3) is 0 Å². The maximum atomic E-state index is 6.27. The molecule has 0 aliphatic rings. The lowest BCUT2D eigenvalue weighted by atomic mass is 10.0. The number of hydrogen-bond acceptors (Lipinski definition) is 2. The summed E-state index contributed by atoms with van der Waals surface area (Å²) >= 11 is 6.27. The van der Waals surface area contributed by atoms with Gasteiger partial charge in [0.05, 0.1) is 10.7 Å². The Hall–Kier alpha value is -0.730. The second-order valence-corrected chi connectivity index (χ2v) is 5.04. The number of hydrogen-bond donors (Lipinski definition) is 1. The van der Waals surface area contributed by atoms with Crippen LogP contribution in [0.15, 0.2) is 18.2 Å². The van der Waals surface area contributed by atoms with E-state index in [4.69, 9.17) is 17.3 Å². The molecule has 2 nitrogen and oxygen atoms in total. The maximum absolute atomic E-state index is 6.27. The predicted molar refractivity (Wildman–Crippen MR) is 72.3 cm³/mol. The fraction of sp³-hybridized carbons (Fsp3) is 0.538. The van der Waals surface area contributed by atoms with Gasteiger partial charge in [-0.05, 0) is 38.8 Å². The van der Waals surface area contributed by atoms with Crippen molar-refractivity contribution in [3.05, 3.63) is 28.8 Å². The number of halogens is 1. The van der Waals surface area contributed by atoms with E-state index in [-0.39, 0.29) is 6.04 Å². The molecule has 2 N–H and O–H groups in total. The van der Waals surface area contributed by atoms with Crippen LogP contribution in [0, 0.1) is 0 Å². The highest BCUT2D eigenvalue weighted by Crippen LogP contribution is 2.31. The Kier molecular flexibility index (Phi) is 4.63. The van der Waals surface area contributed by atoms with Gasteiger partial charge in [0.1, 0.15) is 0 Å². The first-order chi connectivity index (χ1) is 7.43. The summed E-state index contributed by atoms with van der Waals surface area (Å²) < 4.78 is 0. The first-order valence-electron chi connectivity index (χ1n) is 5.69. The highest BCUT2D eigenvalue weighted by Gasteiger charge is 2.14. The molecule has 0 saturated heterocycles.